The fourth-order valence-electron chi connectivity index (χ4n) is 3.48. The summed E-state index contributed by atoms with van der Waals surface area (Å²) in [5.74, 6) is 0.171. The summed E-state index contributed by atoms with van der Waals surface area (Å²) in [5, 5.41) is 22.3. The van der Waals surface area contributed by atoms with Gasteiger partial charge in [-0.25, -0.2) is 9.78 Å². The van der Waals surface area contributed by atoms with E-state index >= 15 is 0 Å². The van der Waals surface area contributed by atoms with E-state index in [0.29, 0.717) is 49.7 Å². The number of anilines is 1. The van der Waals surface area contributed by atoms with Gasteiger partial charge < -0.3 is 29.7 Å². The third-order valence-electron chi connectivity index (χ3n) is 5.28. The second-order valence-electron chi connectivity index (χ2n) is 7.83. The van der Waals surface area contributed by atoms with Crippen LogP contribution in [0.4, 0.5) is 10.6 Å². The minimum atomic E-state index is -0.479. The number of hydrogen-bond acceptors (Lipinski definition) is 10. The van der Waals surface area contributed by atoms with Crippen LogP contribution in [-0.4, -0.2) is 74.4 Å². The summed E-state index contributed by atoms with van der Waals surface area (Å²) in [5.41, 5.74) is 2.43. The predicted octanol–water partition coefficient (Wildman–Crippen LogP) is 1.82. The number of methoxy groups -OCH3 is 1. The molecule has 4 N–H and O–H groups in total. The quantitative estimate of drug-likeness (QED) is 0.247. The van der Waals surface area contributed by atoms with Gasteiger partial charge in [0, 0.05) is 38.7 Å². The fraction of sp³-hybridized carbons (Fsp3) is 0.435. The first-order valence-electron chi connectivity index (χ1n) is 11.0. The van der Waals surface area contributed by atoms with E-state index in [1.807, 2.05) is 24.1 Å². The summed E-state index contributed by atoms with van der Waals surface area (Å²) in [6, 6.07) is 7.38. The highest BCUT2D eigenvalue weighted by Crippen LogP contribution is 2.21. The maximum Gasteiger partial charge on any atom is 0.407 e. The standard InChI is InChI=1S/C23H31N7O4/c1-15-20(22(25)34-21(24)17-6-4-16(5-7-17)12-26-2)29-19(13-28-15)30-10-8-18(14-30)33-23(31)27-9-11-32-3/h4-7,13,18,24-26H,8-12,14H2,1-3H3,(H,27,31)/t18-/m1/s1. The van der Waals surface area contributed by atoms with Gasteiger partial charge in [0.2, 0.25) is 11.8 Å². The van der Waals surface area contributed by atoms with Gasteiger partial charge in [0.15, 0.2) is 0 Å². The van der Waals surface area contributed by atoms with Crippen LogP contribution >= 0.6 is 0 Å². The molecule has 0 spiro atoms. The van der Waals surface area contributed by atoms with Crippen LogP contribution in [0.25, 0.3) is 0 Å². The molecule has 1 fully saturated rings. The van der Waals surface area contributed by atoms with Crippen molar-refractivity contribution in [3.8, 4) is 0 Å². The molecule has 1 aliphatic heterocycles. The normalized spacial score (nSPS) is 15.1. The molecule has 2 heterocycles. The Labute approximate surface area is 198 Å². The number of hydrogen-bond donors (Lipinski definition) is 4. The summed E-state index contributed by atoms with van der Waals surface area (Å²) < 4.78 is 15.8. The molecule has 182 valence electrons. The molecule has 1 saturated heterocycles. The van der Waals surface area contributed by atoms with Crippen LogP contribution in [0.1, 0.15) is 28.9 Å². The van der Waals surface area contributed by atoms with E-state index in [0.717, 1.165) is 12.1 Å². The van der Waals surface area contributed by atoms with E-state index in [1.54, 1.807) is 32.4 Å². The van der Waals surface area contributed by atoms with Crippen LogP contribution in [0.2, 0.25) is 0 Å². The molecule has 1 atom stereocenters. The first-order valence-corrected chi connectivity index (χ1v) is 11.0. The summed E-state index contributed by atoms with van der Waals surface area (Å²) >= 11 is 0. The summed E-state index contributed by atoms with van der Waals surface area (Å²) in [4.78, 5) is 22.7. The second-order valence-corrected chi connectivity index (χ2v) is 7.83. The third kappa shape index (κ3) is 6.72. The molecule has 0 bridgehead atoms. The highest BCUT2D eigenvalue weighted by Gasteiger charge is 2.27. The molecular formula is C23H31N7O4. The van der Waals surface area contributed by atoms with Crippen LogP contribution in [0, 0.1) is 17.7 Å². The molecule has 34 heavy (non-hydrogen) atoms. The zero-order valence-corrected chi connectivity index (χ0v) is 19.7. The molecule has 11 heteroatoms. The second kappa shape index (κ2) is 12.1. The Morgan fingerprint density at radius 1 is 1.24 bits per heavy atom. The smallest absolute Gasteiger partial charge is 0.407 e. The molecule has 1 aromatic carbocycles. The van der Waals surface area contributed by atoms with Gasteiger partial charge in [-0.1, -0.05) is 12.1 Å². The molecule has 1 aliphatic rings. The first-order chi connectivity index (χ1) is 16.4. The van der Waals surface area contributed by atoms with Crippen LogP contribution in [0.3, 0.4) is 0 Å². The van der Waals surface area contributed by atoms with E-state index in [4.69, 9.17) is 25.0 Å². The van der Waals surface area contributed by atoms with Gasteiger partial charge in [-0.2, -0.15) is 0 Å². The lowest BCUT2D eigenvalue weighted by Crippen LogP contribution is -2.33. The number of benzene rings is 1. The third-order valence-corrected chi connectivity index (χ3v) is 5.28. The lowest BCUT2D eigenvalue weighted by atomic mass is 10.1. The SMILES string of the molecule is CNCc1ccc(C(=N)OC(=N)c2nc(N3CC[C@@H](OC(=O)NCCOC)C3)cnc2C)cc1. The van der Waals surface area contributed by atoms with Crippen molar-refractivity contribution in [2.24, 2.45) is 0 Å². The maximum absolute atomic E-state index is 11.9. The van der Waals surface area contributed by atoms with E-state index in [-0.39, 0.29) is 23.6 Å². The van der Waals surface area contributed by atoms with Gasteiger partial charge in [-0.3, -0.25) is 15.8 Å². The van der Waals surface area contributed by atoms with Crippen LogP contribution < -0.4 is 15.5 Å². The van der Waals surface area contributed by atoms with Crippen LogP contribution in [0.15, 0.2) is 30.5 Å². The van der Waals surface area contributed by atoms with Crippen molar-refractivity contribution in [3.63, 3.8) is 0 Å². The molecular weight excluding hydrogens is 438 g/mol. The number of aryl methyl sites for hydroxylation is 1. The molecule has 0 unspecified atom stereocenters. The van der Waals surface area contributed by atoms with Crippen molar-refractivity contribution in [1.82, 2.24) is 20.6 Å². The van der Waals surface area contributed by atoms with E-state index in [9.17, 15) is 4.79 Å². The number of ether oxygens (including phenoxy) is 3. The first kappa shape index (κ1) is 25.1. The van der Waals surface area contributed by atoms with E-state index in [2.05, 4.69) is 20.6 Å². The van der Waals surface area contributed by atoms with Crippen LogP contribution in [0.5, 0.6) is 0 Å². The Hall–Kier alpha value is -3.57. The Bertz CT molecular complexity index is 1010. The average Bonchev–Trinajstić information content (AvgIpc) is 3.28. The summed E-state index contributed by atoms with van der Waals surface area (Å²) in [7, 11) is 3.43. The van der Waals surface area contributed by atoms with E-state index < -0.39 is 6.09 Å². The zero-order valence-electron chi connectivity index (χ0n) is 19.7. The Balaban J connectivity index is 1.60. The molecule has 1 amide bonds. The molecule has 2 aromatic rings. The van der Waals surface area contributed by atoms with Crippen molar-refractivity contribution >= 4 is 23.7 Å². The van der Waals surface area contributed by atoms with Crippen molar-refractivity contribution in [3.05, 3.63) is 53.0 Å². The number of carbonyl (C=O) groups is 1. The maximum atomic E-state index is 11.9. The van der Waals surface area contributed by atoms with Gasteiger partial charge in [-0.15, -0.1) is 0 Å². The number of carbonyl (C=O) groups excluding carboxylic acids is 1. The molecule has 0 saturated carbocycles. The number of amides is 1. The Morgan fingerprint density at radius 2 is 2.00 bits per heavy atom. The zero-order chi connectivity index (χ0) is 24.5. The minimum absolute atomic E-state index is 0.137. The number of nitrogens with one attached hydrogen (secondary N) is 4. The molecule has 0 radical (unpaired) electrons. The predicted molar refractivity (Wildman–Crippen MR) is 128 cm³/mol. The number of rotatable bonds is 9. The van der Waals surface area contributed by atoms with Crippen molar-refractivity contribution in [1.29, 1.82) is 10.8 Å². The van der Waals surface area contributed by atoms with Crippen molar-refractivity contribution in [2.45, 2.75) is 26.0 Å². The van der Waals surface area contributed by atoms with Gasteiger partial charge in [0.25, 0.3) is 0 Å². The van der Waals surface area contributed by atoms with Gasteiger partial charge >= 0.3 is 6.09 Å². The van der Waals surface area contributed by atoms with Gasteiger partial charge in [0.05, 0.1) is 25.0 Å². The van der Waals surface area contributed by atoms with Crippen molar-refractivity contribution < 1.29 is 19.0 Å². The largest absolute Gasteiger partial charge is 0.444 e. The number of nitrogens with zero attached hydrogens (tertiary/aromatic N) is 3. The molecule has 0 aliphatic carbocycles. The lowest BCUT2D eigenvalue weighted by molar-refractivity contribution is 0.104. The lowest BCUT2D eigenvalue weighted by Gasteiger charge is -2.19. The fourth-order valence-corrected chi connectivity index (χ4v) is 3.48. The highest BCUT2D eigenvalue weighted by atomic mass is 16.6. The minimum Gasteiger partial charge on any atom is -0.444 e. The van der Waals surface area contributed by atoms with Crippen LogP contribution in [-0.2, 0) is 20.8 Å². The Morgan fingerprint density at radius 3 is 2.71 bits per heavy atom. The van der Waals surface area contributed by atoms with Gasteiger partial charge in [0.1, 0.15) is 17.6 Å². The summed E-state index contributed by atoms with van der Waals surface area (Å²) in [6.45, 7) is 4.37. The van der Waals surface area contributed by atoms with E-state index in [1.165, 1.54) is 0 Å². The topological polar surface area (TPSA) is 146 Å². The van der Waals surface area contributed by atoms with Gasteiger partial charge in [-0.05, 0) is 31.7 Å². The molecule has 3 rings (SSSR count). The average molecular weight is 470 g/mol. The number of aromatic nitrogens is 2. The Kier molecular flexibility index (Phi) is 8.88. The number of alkyl carbamates (subject to hydrolysis) is 1. The molecule has 1 aromatic heterocycles. The highest BCUT2D eigenvalue weighted by molar-refractivity contribution is 6.04. The molecule has 11 nitrogen and oxygen atoms in total. The monoisotopic (exact) mass is 469 g/mol. The van der Waals surface area contributed by atoms with Crippen molar-refractivity contribution in [2.75, 3.05) is 45.3 Å². The summed E-state index contributed by atoms with van der Waals surface area (Å²) in [6.07, 6.45) is 1.53.